The topological polar surface area (TPSA) is 63.4 Å². The van der Waals surface area contributed by atoms with E-state index in [2.05, 4.69) is 0 Å². The fraction of sp³-hybridized carbons (Fsp3) is 0.167. The van der Waals surface area contributed by atoms with Gasteiger partial charge in [-0.15, -0.1) is 0 Å². The van der Waals surface area contributed by atoms with Crippen molar-refractivity contribution in [1.82, 2.24) is 5.01 Å². The number of nitrogens with two attached hydrogens (primary N) is 1. The molecular weight excluding hydrogens is 204 g/mol. The van der Waals surface area contributed by atoms with Crippen LogP contribution >= 0.6 is 0 Å². The van der Waals surface area contributed by atoms with Crippen LogP contribution in [0.25, 0.3) is 6.08 Å². The van der Waals surface area contributed by atoms with Crippen molar-refractivity contribution in [2.75, 3.05) is 6.54 Å². The quantitative estimate of drug-likeness (QED) is 0.356. The van der Waals surface area contributed by atoms with Gasteiger partial charge in [-0.1, -0.05) is 24.3 Å². The molecule has 0 aliphatic carbocycles. The number of carbonyl (C=O) groups is 1. The Hall–Kier alpha value is -1.94. The highest BCUT2D eigenvalue weighted by Crippen LogP contribution is 2.12. The first kappa shape index (κ1) is 12.1. The van der Waals surface area contributed by atoms with Gasteiger partial charge >= 0.3 is 0 Å². The molecule has 4 heteroatoms. The van der Waals surface area contributed by atoms with E-state index in [-0.39, 0.29) is 5.91 Å². The lowest BCUT2D eigenvalue weighted by molar-refractivity contribution is 0.0764. The molecule has 2 N–H and O–H groups in total. The number of hydrogen-bond acceptors (Lipinski definition) is 3. The number of hydrazine groups is 1. The Balaban J connectivity index is 3.07. The Morgan fingerprint density at radius 3 is 2.81 bits per heavy atom. The monoisotopic (exact) mass is 217 g/mol. The largest absolute Gasteiger partial charge is 0.286 e. The summed E-state index contributed by atoms with van der Waals surface area (Å²) in [7, 11) is 0. The number of hydrogen-bond donors (Lipinski definition) is 1. The molecule has 1 rings (SSSR count). The smallest absolute Gasteiger partial charge is 0.268 e. The van der Waals surface area contributed by atoms with E-state index >= 15 is 0 Å². The average Bonchev–Trinajstić information content (AvgIpc) is 2.34. The molecule has 0 heterocycles. The van der Waals surface area contributed by atoms with Gasteiger partial charge in [0.1, 0.15) is 0 Å². The second-order valence-electron chi connectivity index (χ2n) is 3.13. The minimum absolute atomic E-state index is 0.270. The van der Waals surface area contributed by atoms with Crippen molar-refractivity contribution in [1.29, 1.82) is 0 Å². The van der Waals surface area contributed by atoms with Crippen LogP contribution in [0.1, 0.15) is 22.8 Å². The van der Waals surface area contributed by atoms with Crippen LogP contribution in [0.4, 0.5) is 0 Å². The van der Waals surface area contributed by atoms with Crippen molar-refractivity contribution in [3.8, 4) is 0 Å². The Bertz CT molecular complexity index is 413. The molecule has 0 aliphatic rings. The van der Waals surface area contributed by atoms with Crippen LogP contribution in [-0.4, -0.2) is 23.7 Å². The molecule has 0 spiro atoms. The van der Waals surface area contributed by atoms with E-state index in [1.807, 2.05) is 0 Å². The second-order valence-corrected chi connectivity index (χ2v) is 3.13. The molecule has 4 nitrogen and oxygen atoms in total. The molecule has 16 heavy (non-hydrogen) atoms. The first-order valence-corrected chi connectivity index (χ1v) is 4.90. The van der Waals surface area contributed by atoms with Gasteiger partial charge in [0, 0.05) is 12.1 Å². The zero-order valence-corrected chi connectivity index (χ0v) is 9.01. The SMILES string of the molecule is CCN(N)C(=O)c1ccccc1/C=C/[C]=O. The number of rotatable bonds is 4. The molecular formula is C12H13N2O2. The van der Waals surface area contributed by atoms with Crippen molar-refractivity contribution in [3.05, 3.63) is 41.5 Å². The van der Waals surface area contributed by atoms with Crippen LogP contribution in [0.3, 0.4) is 0 Å². The number of benzene rings is 1. The summed E-state index contributed by atoms with van der Waals surface area (Å²) in [5, 5.41) is 1.12. The lowest BCUT2D eigenvalue weighted by atomic mass is 10.1. The molecule has 0 saturated heterocycles. The zero-order chi connectivity index (χ0) is 12.0. The van der Waals surface area contributed by atoms with Crippen molar-refractivity contribution < 1.29 is 9.59 Å². The maximum absolute atomic E-state index is 11.8. The summed E-state index contributed by atoms with van der Waals surface area (Å²) in [5.74, 6) is 5.26. The predicted molar refractivity (Wildman–Crippen MR) is 62.1 cm³/mol. The Morgan fingerprint density at radius 1 is 1.50 bits per heavy atom. The van der Waals surface area contributed by atoms with E-state index in [1.165, 1.54) is 12.2 Å². The van der Waals surface area contributed by atoms with E-state index in [0.717, 1.165) is 5.01 Å². The van der Waals surface area contributed by atoms with E-state index in [9.17, 15) is 9.59 Å². The van der Waals surface area contributed by atoms with Crippen LogP contribution in [-0.2, 0) is 4.79 Å². The van der Waals surface area contributed by atoms with E-state index in [4.69, 9.17) is 5.84 Å². The molecule has 1 aromatic carbocycles. The number of nitrogens with zero attached hydrogens (tertiary/aromatic N) is 1. The predicted octanol–water partition coefficient (Wildman–Crippen LogP) is 1.15. The molecule has 0 aliphatic heterocycles. The molecule has 1 amide bonds. The van der Waals surface area contributed by atoms with Crippen LogP contribution < -0.4 is 5.84 Å². The van der Waals surface area contributed by atoms with Crippen molar-refractivity contribution in [3.63, 3.8) is 0 Å². The summed E-state index contributed by atoms with van der Waals surface area (Å²) in [4.78, 5) is 21.9. The molecule has 1 radical (unpaired) electrons. The van der Waals surface area contributed by atoms with E-state index < -0.39 is 0 Å². The molecule has 0 saturated carbocycles. The summed E-state index contributed by atoms with van der Waals surface area (Å²) in [6, 6.07) is 6.94. The van der Waals surface area contributed by atoms with Crippen LogP contribution in [0.2, 0.25) is 0 Å². The summed E-state index contributed by atoms with van der Waals surface area (Å²) in [6.07, 6.45) is 4.39. The first-order valence-electron chi connectivity index (χ1n) is 4.90. The maximum atomic E-state index is 11.8. The van der Waals surface area contributed by atoms with Gasteiger partial charge in [0.05, 0.1) is 0 Å². The van der Waals surface area contributed by atoms with Crippen molar-refractivity contribution in [2.24, 2.45) is 5.84 Å². The third kappa shape index (κ3) is 2.77. The number of amides is 1. The third-order valence-corrected chi connectivity index (χ3v) is 2.12. The highest BCUT2D eigenvalue weighted by molar-refractivity contribution is 5.98. The Morgan fingerprint density at radius 2 is 2.19 bits per heavy atom. The lowest BCUT2D eigenvalue weighted by Gasteiger charge is -2.15. The van der Waals surface area contributed by atoms with Gasteiger partial charge in [-0.05, 0) is 24.6 Å². The lowest BCUT2D eigenvalue weighted by Crippen LogP contribution is -2.37. The minimum Gasteiger partial charge on any atom is -0.286 e. The van der Waals surface area contributed by atoms with Crippen LogP contribution in [0, 0.1) is 0 Å². The normalized spacial score (nSPS) is 10.4. The highest BCUT2D eigenvalue weighted by Gasteiger charge is 2.12. The van der Waals surface area contributed by atoms with Crippen molar-refractivity contribution >= 4 is 18.3 Å². The van der Waals surface area contributed by atoms with Crippen molar-refractivity contribution in [2.45, 2.75) is 6.92 Å². The zero-order valence-electron chi connectivity index (χ0n) is 9.01. The number of allylic oxidation sites excluding steroid dienone is 1. The van der Waals surface area contributed by atoms with E-state index in [0.29, 0.717) is 17.7 Å². The summed E-state index contributed by atoms with van der Waals surface area (Å²) in [5.41, 5.74) is 1.12. The maximum Gasteiger partial charge on any atom is 0.268 e. The van der Waals surface area contributed by atoms with Crippen LogP contribution in [0.15, 0.2) is 30.3 Å². The standard InChI is InChI=1S/C12H13N2O2/c1-2-14(13)12(16)11-8-4-3-6-10(11)7-5-9-15/h3-8H,2,13H2,1H3/b7-5+. The summed E-state index contributed by atoms with van der Waals surface area (Å²) < 4.78 is 0. The Kier molecular flexibility index (Phi) is 4.42. The highest BCUT2D eigenvalue weighted by atomic mass is 16.2. The second kappa shape index (κ2) is 5.82. The van der Waals surface area contributed by atoms with Gasteiger partial charge in [0.2, 0.25) is 6.29 Å². The fourth-order valence-corrected chi connectivity index (χ4v) is 1.26. The molecule has 0 fully saturated rings. The third-order valence-electron chi connectivity index (χ3n) is 2.12. The fourth-order valence-electron chi connectivity index (χ4n) is 1.26. The molecule has 1 aromatic rings. The number of carbonyl (C=O) groups excluding carboxylic acids is 2. The summed E-state index contributed by atoms with van der Waals surface area (Å²) >= 11 is 0. The summed E-state index contributed by atoms with van der Waals surface area (Å²) in [6.45, 7) is 2.21. The van der Waals surface area contributed by atoms with Gasteiger partial charge in [-0.2, -0.15) is 0 Å². The van der Waals surface area contributed by atoms with Gasteiger partial charge in [0.25, 0.3) is 5.91 Å². The van der Waals surface area contributed by atoms with Crippen LogP contribution in [0.5, 0.6) is 0 Å². The first-order chi connectivity index (χ1) is 7.70. The molecule has 0 unspecified atom stereocenters. The molecule has 0 aromatic heterocycles. The van der Waals surface area contributed by atoms with Gasteiger partial charge in [0.15, 0.2) is 0 Å². The Labute approximate surface area is 94.3 Å². The minimum atomic E-state index is -0.270. The molecule has 83 valence electrons. The average molecular weight is 217 g/mol. The molecule has 0 atom stereocenters. The van der Waals surface area contributed by atoms with Gasteiger partial charge in [-0.25, -0.2) is 5.84 Å². The molecule has 0 bridgehead atoms. The van der Waals surface area contributed by atoms with Gasteiger partial charge in [-0.3, -0.25) is 14.6 Å². The van der Waals surface area contributed by atoms with Gasteiger partial charge < -0.3 is 0 Å². The van der Waals surface area contributed by atoms with E-state index in [1.54, 1.807) is 37.5 Å².